The molecule has 1 N–H and O–H groups in total. The van der Waals surface area contributed by atoms with Crippen molar-refractivity contribution in [1.29, 1.82) is 0 Å². The van der Waals surface area contributed by atoms with Crippen LogP contribution in [0, 0.1) is 13.8 Å². The van der Waals surface area contributed by atoms with Gasteiger partial charge in [-0.25, -0.2) is 4.98 Å². The Labute approximate surface area is 108 Å². The summed E-state index contributed by atoms with van der Waals surface area (Å²) in [6, 6.07) is 7.02. The summed E-state index contributed by atoms with van der Waals surface area (Å²) in [5.41, 5.74) is 5.10. The lowest BCUT2D eigenvalue weighted by atomic mass is 10.1. The Morgan fingerprint density at radius 3 is 3.00 bits per heavy atom. The van der Waals surface area contributed by atoms with E-state index in [1.807, 2.05) is 12.5 Å². The molecule has 1 saturated heterocycles. The highest BCUT2D eigenvalue weighted by Crippen LogP contribution is 2.26. The minimum Gasteiger partial charge on any atom is -0.309 e. The molecular weight excluding hydrogens is 222 g/mol. The Bertz CT molecular complexity index is 551. The fourth-order valence-corrected chi connectivity index (χ4v) is 2.68. The summed E-state index contributed by atoms with van der Waals surface area (Å²) >= 11 is 0. The van der Waals surface area contributed by atoms with Crippen LogP contribution in [0.25, 0.3) is 5.69 Å². The van der Waals surface area contributed by atoms with E-state index < -0.39 is 0 Å². The monoisotopic (exact) mass is 241 g/mol. The number of hydrogen-bond acceptors (Lipinski definition) is 2. The molecule has 3 rings (SSSR count). The fourth-order valence-electron chi connectivity index (χ4n) is 2.68. The molecule has 94 valence electrons. The van der Waals surface area contributed by atoms with Gasteiger partial charge in [-0.05, 0) is 50.4 Å². The molecule has 1 aromatic heterocycles. The summed E-state index contributed by atoms with van der Waals surface area (Å²) < 4.78 is 2.23. The summed E-state index contributed by atoms with van der Waals surface area (Å²) in [4.78, 5) is 4.34. The minimum absolute atomic E-state index is 0.451. The molecule has 1 aromatic carbocycles. The zero-order valence-electron chi connectivity index (χ0n) is 11.0. The van der Waals surface area contributed by atoms with E-state index in [2.05, 4.69) is 46.9 Å². The maximum absolute atomic E-state index is 4.34. The normalized spacial score (nSPS) is 19.3. The van der Waals surface area contributed by atoms with Crippen LogP contribution in [0.4, 0.5) is 0 Å². The second-order valence-corrected chi connectivity index (χ2v) is 5.13. The highest BCUT2D eigenvalue weighted by molar-refractivity contribution is 5.44. The average Bonchev–Trinajstić information content (AvgIpc) is 3.00. The lowest BCUT2D eigenvalue weighted by molar-refractivity contribution is 0.614. The van der Waals surface area contributed by atoms with Crippen molar-refractivity contribution in [1.82, 2.24) is 14.9 Å². The summed E-state index contributed by atoms with van der Waals surface area (Å²) in [6.07, 6.45) is 6.38. The van der Waals surface area contributed by atoms with E-state index in [1.54, 1.807) is 0 Å². The fraction of sp³-hybridized carbons (Fsp3) is 0.400. The largest absolute Gasteiger partial charge is 0.309 e. The first-order chi connectivity index (χ1) is 8.75. The van der Waals surface area contributed by atoms with Gasteiger partial charge in [-0.3, -0.25) is 0 Å². The summed E-state index contributed by atoms with van der Waals surface area (Å²) in [7, 11) is 0. The van der Waals surface area contributed by atoms with Gasteiger partial charge in [0.1, 0.15) is 0 Å². The molecule has 1 aliphatic rings. The molecule has 18 heavy (non-hydrogen) atoms. The van der Waals surface area contributed by atoms with E-state index in [9.17, 15) is 0 Å². The molecule has 1 atom stereocenters. The molecule has 0 amide bonds. The zero-order chi connectivity index (χ0) is 12.5. The molecule has 0 radical (unpaired) electrons. The Balaban J connectivity index is 2.06. The number of rotatable bonds is 2. The van der Waals surface area contributed by atoms with E-state index in [0.717, 1.165) is 6.54 Å². The van der Waals surface area contributed by atoms with Gasteiger partial charge in [-0.15, -0.1) is 0 Å². The van der Waals surface area contributed by atoms with Gasteiger partial charge in [0.15, 0.2) is 0 Å². The predicted molar refractivity (Wildman–Crippen MR) is 73.0 cm³/mol. The summed E-state index contributed by atoms with van der Waals surface area (Å²) in [5, 5.41) is 3.54. The first kappa shape index (κ1) is 11.5. The Morgan fingerprint density at radius 1 is 1.33 bits per heavy atom. The van der Waals surface area contributed by atoms with Gasteiger partial charge in [0.05, 0.1) is 18.2 Å². The van der Waals surface area contributed by atoms with E-state index in [4.69, 9.17) is 0 Å². The van der Waals surface area contributed by atoms with Gasteiger partial charge in [0, 0.05) is 11.7 Å². The van der Waals surface area contributed by atoms with Crippen molar-refractivity contribution in [3.05, 3.63) is 47.5 Å². The molecule has 0 aliphatic carbocycles. The first-order valence-electron chi connectivity index (χ1n) is 6.59. The average molecular weight is 241 g/mol. The smallest absolute Gasteiger partial charge is 0.0994 e. The molecular formula is C15H19N3. The maximum atomic E-state index is 4.34. The van der Waals surface area contributed by atoms with Gasteiger partial charge < -0.3 is 9.88 Å². The van der Waals surface area contributed by atoms with Crippen molar-refractivity contribution >= 4 is 0 Å². The third kappa shape index (κ3) is 1.95. The Morgan fingerprint density at radius 2 is 2.22 bits per heavy atom. The molecule has 0 saturated carbocycles. The molecule has 1 aliphatic heterocycles. The van der Waals surface area contributed by atoms with Gasteiger partial charge in [0.2, 0.25) is 0 Å². The number of aryl methyl sites for hydroxylation is 2. The topological polar surface area (TPSA) is 29.9 Å². The van der Waals surface area contributed by atoms with Crippen LogP contribution >= 0.6 is 0 Å². The first-order valence-corrected chi connectivity index (χ1v) is 6.59. The molecule has 2 aromatic rings. The van der Waals surface area contributed by atoms with Crippen LogP contribution in [0.15, 0.2) is 30.7 Å². The second-order valence-electron chi connectivity index (χ2n) is 5.13. The van der Waals surface area contributed by atoms with Crippen LogP contribution in [-0.4, -0.2) is 16.1 Å². The molecule has 0 spiro atoms. The molecule has 1 unspecified atom stereocenters. The van der Waals surface area contributed by atoms with Crippen LogP contribution in [0.3, 0.4) is 0 Å². The van der Waals surface area contributed by atoms with E-state index in [1.165, 1.54) is 35.3 Å². The summed E-state index contributed by atoms with van der Waals surface area (Å²) in [5.74, 6) is 0. The van der Waals surface area contributed by atoms with Gasteiger partial charge >= 0.3 is 0 Å². The van der Waals surface area contributed by atoms with Crippen molar-refractivity contribution in [2.75, 3.05) is 6.54 Å². The SMILES string of the molecule is Cc1ccc(C)c(-n2cncc2C2CCCN2)c1. The number of benzene rings is 1. The number of imidazole rings is 1. The van der Waals surface area contributed by atoms with Crippen molar-refractivity contribution < 1.29 is 0 Å². The standard InChI is InChI=1S/C15H19N3/c1-11-5-6-12(2)14(8-11)18-10-16-9-15(18)13-4-3-7-17-13/h5-6,8-10,13,17H,3-4,7H2,1-2H3. The molecule has 0 bridgehead atoms. The van der Waals surface area contributed by atoms with Crippen LogP contribution in [0.2, 0.25) is 0 Å². The third-order valence-corrected chi connectivity index (χ3v) is 3.71. The van der Waals surface area contributed by atoms with Crippen LogP contribution in [0.1, 0.15) is 35.7 Å². The number of nitrogens with one attached hydrogen (secondary N) is 1. The summed E-state index contributed by atoms with van der Waals surface area (Å²) in [6.45, 7) is 5.40. The van der Waals surface area contributed by atoms with Crippen molar-refractivity contribution in [2.24, 2.45) is 0 Å². The van der Waals surface area contributed by atoms with E-state index in [-0.39, 0.29) is 0 Å². The lowest BCUT2D eigenvalue weighted by Gasteiger charge is -2.16. The van der Waals surface area contributed by atoms with E-state index >= 15 is 0 Å². The number of hydrogen-bond donors (Lipinski definition) is 1. The van der Waals surface area contributed by atoms with Gasteiger partial charge in [-0.2, -0.15) is 0 Å². The second kappa shape index (κ2) is 4.58. The minimum atomic E-state index is 0.451. The lowest BCUT2D eigenvalue weighted by Crippen LogP contribution is -2.16. The van der Waals surface area contributed by atoms with Crippen LogP contribution in [-0.2, 0) is 0 Å². The highest BCUT2D eigenvalue weighted by atomic mass is 15.1. The number of nitrogens with zero attached hydrogens (tertiary/aromatic N) is 2. The molecule has 2 heterocycles. The molecule has 1 fully saturated rings. The van der Waals surface area contributed by atoms with Crippen molar-refractivity contribution in [3.63, 3.8) is 0 Å². The molecule has 3 nitrogen and oxygen atoms in total. The van der Waals surface area contributed by atoms with Gasteiger partial charge in [-0.1, -0.05) is 12.1 Å². The Kier molecular flexibility index (Phi) is 2.92. The van der Waals surface area contributed by atoms with Crippen LogP contribution in [0.5, 0.6) is 0 Å². The molecule has 3 heteroatoms. The number of aromatic nitrogens is 2. The predicted octanol–water partition coefficient (Wildman–Crippen LogP) is 2.91. The highest BCUT2D eigenvalue weighted by Gasteiger charge is 2.20. The van der Waals surface area contributed by atoms with Crippen molar-refractivity contribution in [3.8, 4) is 5.69 Å². The third-order valence-electron chi connectivity index (χ3n) is 3.71. The van der Waals surface area contributed by atoms with Crippen molar-refractivity contribution in [2.45, 2.75) is 32.7 Å². The quantitative estimate of drug-likeness (QED) is 0.876. The Hall–Kier alpha value is -1.61. The zero-order valence-corrected chi connectivity index (χ0v) is 11.0. The van der Waals surface area contributed by atoms with E-state index in [0.29, 0.717) is 6.04 Å². The maximum Gasteiger partial charge on any atom is 0.0994 e. The van der Waals surface area contributed by atoms with Crippen LogP contribution < -0.4 is 5.32 Å². The van der Waals surface area contributed by atoms with Gasteiger partial charge in [0.25, 0.3) is 0 Å².